The summed E-state index contributed by atoms with van der Waals surface area (Å²) in [5.41, 5.74) is 1.53. The third-order valence-corrected chi connectivity index (χ3v) is 6.65. The molecule has 0 spiro atoms. The number of carbonyl (C=O) groups is 1. The number of benzene rings is 1. The van der Waals surface area contributed by atoms with Gasteiger partial charge in [-0.1, -0.05) is 0 Å². The van der Waals surface area contributed by atoms with Crippen molar-refractivity contribution < 1.29 is 22.7 Å². The zero-order chi connectivity index (χ0) is 21.9. The van der Waals surface area contributed by atoms with E-state index in [0.717, 1.165) is 10.4 Å². The molecular formula is C19H20N4O5S2. The van der Waals surface area contributed by atoms with Gasteiger partial charge >= 0.3 is 6.01 Å². The third kappa shape index (κ3) is 4.86. The van der Waals surface area contributed by atoms with E-state index in [9.17, 15) is 13.2 Å². The molecule has 3 aromatic rings. The number of nitrogens with zero attached hydrogens (tertiary/aromatic N) is 2. The van der Waals surface area contributed by atoms with Gasteiger partial charge < -0.3 is 14.8 Å². The Balaban J connectivity index is 1.75. The van der Waals surface area contributed by atoms with Crippen LogP contribution in [0.2, 0.25) is 0 Å². The van der Waals surface area contributed by atoms with Crippen molar-refractivity contribution in [3.05, 3.63) is 51.7 Å². The fourth-order valence-electron chi connectivity index (χ4n) is 2.44. The van der Waals surface area contributed by atoms with Crippen LogP contribution >= 0.6 is 11.3 Å². The molecule has 0 saturated carbocycles. The lowest BCUT2D eigenvalue weighted by molar-refractivity contribution is 0.103. The highest BCUT2D eigenvalue weighted by molar-refractivity contribution is 7.92. The molecule has 2 aromatic heterocycles. The highest BCUT2D eigenvalue weighted by atomic mass is 32.2. The quantitative estimate of drug-likeness (QED) is 0.569. The Kier molecular flexibility index (Phi) is 6.22. The second-order valence-corrected chi connectivity index (χ2v) is 9.15. The lowest BCUT2D eigenvalue weighted by Crippen LogP contribution is -2.15. The fraction of sp³-hybridized carbons (Fsp3) is 0.211. The highest BCUT2D eigenvalue weighted by Crippen LogP contribution is 2.24. The van der Waals surface area contributed by atoms with Gasteiger partial charge in [0, 0.05) is 16.6 Å². The highest BCUT2D eigenvalue weighted by Gasteiger charge is 2.17. The lowest BCUT2D eigenvalue weighted by atomic mass is 10.2. The first kappa shape index (κ1) is 21.5. The van der Waals surface area contributed by atoms with Crippen molar-refractivity contribution in [2.75, 3.05) is 24.3 Å². The molecule has 0 bridgehead atoms. The Morgan fingerprint density at radius 2 is 1.73 bits per heavy atom. The molecule has 0 radical (unpaired) electrons. The van der Waals surface area contributed by atoms with Crippen molar-refractivity contribution in [1.29, 1.82) is 0 Å². The standard InChI is InChI=1S/C19H20N4O5S2/c1-11-9-15(29-12(11)2)18(24)20-13-5-7-14(8-6-13)30(25,26)23-16-10-17(27-3)22-19(21-16)28-4/h5-10H,1-4H3,(H,20,24)(H,21,22,23). The van der Waals surface area contributed by atoms with Crippen molar-refractivity contribution in [2.24, 2.45) is 0 Å². The van der Waals surface area contributed by atoms with Gasteiger partial charge in [0.15, 0.2) is 5.82 Å². The maximum Gasteiger partial charge on any atom is 0.321 e. The molecule has 9 nitrogen and oxygen atoms in total. The van der Waals surface area contributed by atoms with Gasteiger partial charge in [0.1, 0.15) is 0 Å². The molecule has 3 rings (SSSR count). The summed E-state index contributed by atoms with van der Waals surface area (Å²) in [5, 5.41) is 2.76. The molecule has 0 fully saturated rings. The van der Waals surface area contributed by atoms with E-state index in [1.807, 2.05) is 19.9 Å². The van der Waals surface area contributed by atoms with Gasteiger partial charge in [-0.15, -0.1) is 11.3 Å². The summed E-state index contributed by atoms with van der Waals surface area (Å²) in [6, 6.07) is 8.92. The predicted molar refractivity (Wildman–Crippen MR) is 114 cm³/mol. The number of aryl methyl sites for hydroxylation is 2. The number of hydrogen-bond donors (Lipinski definition) is 2. The summed E-state index contributed by atoms with van der Waals surface area (Å²) < 4.78 is 37.6. The summed E-state index contributed by atoms with van der Waals surface area (Å²) in [4.78, 5) is 21.9. The second-order valence-electron chi connectivity index (χ2n) is 6.22. The van der Waals surface area contributed by atoms with Gasteiger partial charge in [-0.3, -0.25) is 9.52 Å². The lowest BCUT2D eigenvalue weighted by Gasteiger charge is -2.10. The molecule has 158 valence electrons. The minimum atomic E-state index is -3.93. The van der Waals surface area contributed by atoms with Gasteiger partial charge in [0.2, 0.25) is 5.88 Å². The van der Waals surface area contributed by atoms with E-state index < -0.39 is 10.0 Å². The number of amides is 1. The monoisotopic (exact) mass is 448 g/mol. The molecule has 0 saturated heterocycles. The molecule has 2 heterocycles. The number of ether oxygens (including phenoxy) is 2. The van der Waals surface area contributed by atoms with Crippen molar-refractivity contribution in [3.63, 3.8) is 0 Å². The first-order valence-corrected chi connectivity index (χ1v) is 11.0. The molecule has 0 aliphatic rings. The van der Waals surface area contributed by atoms with E-state index in [-0.39, 0.29) is 28.5 Å². The number of sulfonamides is 1. The van der Waals surface area contributed by atoms with Gasteiger partial charge in [-0.05, 0) is 49.7 Å². The van der Waals surface area contributed by atoms with E-state index in [4.69, 9.17) is 9.47 Å². The van der Waals surface area contributed by atoms with Crippen molar-refractivity contribution in [1.82, 2.24) is 9.97 Å². The second kappa shape index (κ2) is 8.67. The maximum absolute atomic E-state index is 12.7. The van der Waals surface area contributed by atoms with Crippen LogP contribution in [0, 0.1) is 13.8 Å². The van der Waals surface area contributed by atoms with Gasteiger partial charge in [-0.25, -0.2) is 8.42 Å². The van der Waals surface area contributed by atoms with Crippen LogP contribution in [0.4, 0.5) is 11.5 Å². The van der Waals surface area contributed by atoms with Crippen LogP contribution in [0.15, 0.2) is 41.3 Å². The summed E-state index contributed by atoms with van der Waals surface area (Å²) in [6.07, 6.45) is 0. The predicted octanol–water partition coefficient (Wildman–Crippen LogP) is 3.23. The number of anilines is 2. The van der Waals surface area contributed by atoms with Crippen molar-refractivity contribution >= 4 is 38.8 Å². The molecule has 0 atom stereocenters. The Morgan fingerprint density at radius 1 is 1.03 bits per heavy atom. The van der Waals surface area contributed by atoms with Crippen LogP contribution in [0.3, 0.4) is 0 Å². The molecule has 2 N–H and O–H groups in total. The first-order chi connectivity index (χ1) is 14.2. The van der Waals surface area contributed by atoms with Crippen LogP contribution in [-0.4, -0.2) is 38.5 Å². The molecule has 1 amide bonds. The number of rotatable bonds is 7. The Hall–Kier alpha value is -3.18. The molecular weight excluding hydrogens is 428 g/mol. The van der Waals surface area contributed by atoms with Crippen LogP contribution < -0.4 is 19.5 Å². The minimum absolute atomic E-state index is 0.000132. The van der Waals surface area contributed by atoms with E-state index in [1.165, 1.54) is 55.9 Å². The maximum atomic E-state index is 12.7. The van der Waals surface area contributed by atoms with Crippen LogP contribution in [-0.2, 0) is 10.0 Å². The zero-order valence-corrected chi connectivity index (χ0v) is 18.3. The van der Waals surface area contributed by atoms with Gasteiger partial charge in [-0.2, -0.15) is 9.97 Å². The smallest absolute Gasteiger partial charge is 0.321 e. The van der Waals surface area contributed by atoms with Crippen LogP contribution in [0.1, 0.15) is 20.1 Å². The number of aromatic nitrogens is 2. The number of nitrogens with one attached hydrogen (secondary N) is 2. The average Bonchev–Trinajstić information content (AvgIpc) is 3.06. The fourth-order valence-corrected chi connectivity index (χ4v) is 4.37. The van der Waals surface area contributed by atoms with E-state index >= 15 is 0 Å². The topological polar surface area (TPSA) is 120 Å². The SMILES string of the molecule is COc1cc(NS(=O)(=O)c2ccc(NC(=O)c3cc(C)c(C)s3)cc2)nc(OC)n1. The normalized spacial score (nSPS) is 11.1. The Morgan fingerprint density at radius 3 is 2.30 bits per heavy atom. The summed E-state index contributed by atoms with van der Waals surface area (Å²) in [7, 11) is -1.17. The largest absolute Gasteiger partial charge is 0.481 e. The summed E-state index contributed by atoms with van der Waals surface area (Å²) >= 11 is 1.41. The van der Waals surface area contributed by atoms with E-state index in [2.05, 4.69) is 20.0 Å². The molecule has 11 heteroatoms. The number of carbonyl (C=O) groups excluding carboxylic acids is 1. The number of thiophene rings is 1. The summed E-state index contributed by atoms with van der Waals surface area (Å²) in [6.45, 7) is 3.89. The average molecular weight is 449 g/mol. The van der Waals surface area contributed by atoms with Crippen molar-refractivity contribution in [2.45, 2.75) is 18.7 Å². The van der Waals surface area contributed by atoms with E-state index in [0.29, 0.717) is 10.6 Å². The van der Waals surface area contributed by atoms with Gasteiger partial charge in [0.25, 0.3) is 15.9 Å². The number of hydrogen-bond acceptors (Lipinski definition) is 8. The van der Waals surface area contributed by atoms with Crippen LogP contribution in [0.25, 0.3) is 0 Å². The molecule has 0 aliphatic carbocycles. The third-order valence-electron chi connectivity index (χ3n) is 4.13. The molecule has 30 heavy (non-hydrogen) atoms. The Bertz CT molecular complexity index is 1130. The summed E-state index contributed by atoms with van der Waals surface area (Å²) in [5.74, 6) is -0.0960. The van der Waals surface area contributed by atoms with Gasteiger partial charge in [0.05, 0.1) is 24.0 Å². The van der Waals surface area contributed by atoms with Crippen molar-refractivity contribution in [3.8, 4) is 11.9 Å². The zero-order valence-electron chi connectivity index (χ0n) is 16.7. The Labute approximate surface area is 178 Å². The molecule has 0 unspecified atom stereocenters. The van der Waals surface area contributed by atoms with E-state index in [1.54, 1.807) is 0 Å². The first-order valence-electron chi connectivity index (χ1n) is 8.70. The minimum Gasteiger partial charge on any atom is -0.481 e. The number of methoxy groups -OCH3 is 2. The van der Waals surface area contributed by atoms with Crippen LogP contribution in [0.5, 0.6) is 11.9 Å². The molecule has 1 aromatic carbocycles. The molecule has 0 aliphatic heterocycles.